The number of nitrogens with two attached hydrogens (primary N) is 2. The molecule has 0 radical (unpaired) electrons. The highest BCUT2D eigenvalue weighted by Crippen LogP contribution is 2.23. The van der Waals surface area contributed by atoms with E-state index in [1.807, 2.05) is 24.3 Å². The smallest absolute Gasteiger partial charge is 0.338 e. The summed E-state index contributed by atoms with van der Waals surface area (Å²) in [7, 11) is 2.12. The zero-order valence-corrected chi connectivity index (χ0v) is 23.1. The van der Waals surface area contributed by atoms with Gasteiger partial charge in [-0.2, -0.15) is 4.98 Å². The molecule has 5 N–H and O–H groups in total. The Bertz CT molecular complexity index is 1170. The van der Waals surface area contributed by atoms with Crippen molar-refractivity contribution >= 4 is 30.2 Å². The zero-order chi connectivity index (χ0) is 26.7. The number of amides is 3. The third-order valence-electron chi connectivity index (χ3n) is 7.16. The number of halogens is 1. The van der Waals surface area contributed by atoms with Crippen molar-refractivity contribution in [3.63, 3.8) is 0 Å². The Labute approximate surface area is 229 Å². The fourth-order valence-corrected chi connectivity index (χ4v) is 4.95. The Balaban J connectivity index is 0.00000400. The predicted molar refractivity (Wildman–Crippen MR) is 150 cm³/mol. The molecule has 0 unspecified atom stereocenters. The van der Waals surface area contributed by atoms with Gasteiger partial charge in [0, 0.05) is 51.0 Å². The van der Waals surface area contributed by atoms with Gasteiger partial charge >= 0.3 is 11.7 Å². The van der Waals surface area contributed by atoms with Crippen LogP contribution < -0.4 is 22.5 Å². The summed E-state index contributed by atoms with van der Waals surface area (Å²) in [5, 5.41) is 2.69. The molecule has 2 fully saturated rings. The largest absolute Gasteiger partial charge is 0.354 e. The average molecular weight is 547 g/mol. The maximum absolute atomic E-state index is 12.7. The number of benzene rings is 1. The maximum atomic E-state index is 12.7. The van der Waals surface area contributed by atoms with Crippen molar-refractivity contribution in [3.05, 3.63) is 52.6 Å². The summed E-state index contributed by atoms with van der Waals surface area (Å²) in [4.78, 5) is 47.3. The molecule has 1 aliphatic carbocycles. The number of hydrogen-bond donors (Lipinski definition) is 3. The van der Waals surface area contributed by atoms with E-state index in [-0.39, 0.29) is 30.2 Å². The molecule has 11 nitrogen and oxygen atoms in total. The molecule has 2 atom stereocenters. The van der Waals surface area contributed by atoms with Gasteiger partial charge in [-0.1, -0.05) is 12.1 Å². The lowest BCUT2D eigenvalue weighted by Gasteiger charge is -2.37. The van der Waals surface area contributed by atoms with Crippen molar-refractivity contribution in [3.8, 4) is 5.69 Å². The number of nitrogens with one attached hydrogen (secondary N) is 1. The molecule has 38 heavy (non-hydrogen) atoms. The number of urea groups is 1. The molecule has 12 heteroatoms. The number of piperazine rings is 1. The molecule has 0 spiro atoms. The lowest BCUT2D eigenvalue weighted by Crippen LogP contribution is -2.58. The highest BCUT2D eigenvalue weighted by atomic mass is 35.5. The first-order chi connectivity index (χ1) is 17.5. The summed E-state index contributed by atoms with van der Waals surface area (Å²) >= 11 is 0. The predicted octanol–water partition coefficient (Wildman–Crippen LogP) is 1.38. The van der Waals surface area contributed by atoms with Crippen LogP contribution in [0.4, 0.5) is 10.6 Å². The highest BCUT2D eigenvalue weighted by Gasteiger charge is 2.31. The first-order valence-corrected chi connectivity index (χ1v) is 12.8. The van der Waals surface area contributed by atoms with E-state index in [2.05, 4.69) is 22.2 Å². The van der Waals surface area contributed by atoms with Crippen molar-refractivity contribution in [2.45, 2.75) is 57.3 Å². The summed E-state index contributed by atoms with van der Waals surface area (Å²) in [6.07, 6.45) is 4.83. The number of hydrogen-bond acceptors (Lipinski definition) is 7. The van der Waals surface area contributed by atoms with Gasteiger partial charge in [-0.05, 0) is 63.9 Å². The second-order valence-corrected chi connectivity index (χ2v) is 10.7. The molecule has 1 saturated heterocycles. The normalized spacial score (nSPS) is 19.8. The van der Waals surface area contributed by atoms with Crippen LogP contribution in [0.5, 0.6) is 0 Å². The third kappa shape index (κ3) is 7.10. The molecule has 3 amide bonds. The molecular weight excluding hydrogens is 508 g/mol. The van der Waals surface area contributed by atoms with E-state index in [1.54, 1.807) is 35.9 Å². The first-order valence-electron chi connectivity index (χ1n) is 12.8. The van der Waals surface area contributed by atoms with Crippen LogP contribution in [0.15, 0.2) is 41.3 Å². The van der Waals surface area contributed by atoms with Gasteiger partial charge in [0.25, 0.3) is 0 Å². The minimum absolute atomic E-state index is 0. The van der Waals surface area contributed by atoms with Crippen molar-refractivity contribution < 1.29 is 9.59 Å². The van der Waals surface area contributed by atoms with Gasteiger partial charge in [-0.3, -0.25) is 19.6 Å². The molecular formula is C26H39ClN8O3. The van der Waals surface area contributed by atoms with Crippen LogP contribution in [0.3, 0.4) is 0 Å². The average Bonchev–Trinajstić information content (AvgIpc) is 3.30. The van der Waals surface area contributed by atoms with Gasteiger partial charge in [-0.25, -0.2) is 9.59 Å². The van der Waals surface area contributed by atoms with Crippen molar-refractivity contribution in [2.24, 2.45) is 11.5 Å². The number of anilines is 1. The third-order valence-corrected chi connectivity index (χ3v) is 7.16. The lowest BCUT2D eigenvalue weighted by molar-refractivity contribution is -0.137. The Morgan fingerprint density at radius 2 is 1.71 bits per heavy atom. The fraction of sp³-hybridized carbons (Fsp3) is 0.538. The van der Waals surface area contributed by atoms with E-state index < -0.39 is 11.2 Å². The number of rotatable bonds is 6. The van der Waals surface area contributed by atoms with Crippen LogP contribution in [0.1, 0.15) is 38.7 Å². The fourth-order valence-electron chi connectivity index (χ4n) is 4.95. The summed E-state index contributed by atoms with van der Waals surface area (Å²) in [5.74, 6) is 0.0392. The molecule has 1 aromatic carbocycles. The van der Waals surface area contributed by atoms with Gasteiger partial charge in [0.2, 0.25) is 5.91 Å². The highest BCUT2D eigenvalue weighted by molar-refractivity contribution is 5.89. The molecule has 1 aliphatic heterocycles. The summed E-state index contributed by atoms with van der Waals surface area (Å²) < 4.78 is 1.44. The van der Waals surface area contributed by atoms with E-state index in [1.165, 1.54) is 4.57 Å². The van der Waals surface area contributed by atoms with E-state index in [0.29, 0.717) is 44.0 Å². The number of aromatic nitrogens is 2. The SMILES string of the molecule is CN(Cc1ccc(-n2ccc(NC(=O)N3CCN(C(=O)C(C)(C)N)CC3)nc2=O)cc1)[C@H]1CC[C@H](N)C1.Cl. The molecule has 208 valence electrons. The Hall–Kier alpha value is -2.99. The summed E-state index contributed by atoms with van der Waals surface area (Å²) in [6, 6.07) is 9.86. The van der Waals surface area contributed by atoms with E-state index >= 15 is 0 Å². The molecule has 0 bridgehead atoms. The van der Waals surface area contributed by atoms with Crippen LogP contribution in [-0.4, -0.2) is 87.0 Å². The van der Waals surface area contributed by atoms with Crippen molar-refractivity contribution in [1.29, 1.82) is 0 Å². The second-order valence-electron chi connectivity index (χ2n) is 10.7. The van der Waals surface area contributed by atoms with Crippen LogP contribution in [-0.2, 0) is 11.3 Å². The molecule has 2 heterocycles. The first kappa shape index (κ1) is 29.6. The Morgan fingerprint density at radius 3 is 2.26 bits per heavy atom. The van der Waals surface area contributed by atoms with Gasteiger partial charge in [-0.15, -0.1) is 12.4 Å². The number of carbonyl (C=O) groups is 2. The molecule has 4 rings (SSSR count). The Kier molecular flexibility index (Phi) is 9.53. The van der Waals surface area contributed by atoms with E-state index in [9.17, 15) is 14.4 Å². The van der Waals surface area contributed by atoms with E-state index in [0.717, 1.165) is 31.4 Å². The minimum Gasteiger partial charge on any atom is -0.338 e. The second kappa shape index (κ2) is 12.2. The maximum Gasteiger partial charge on any atom is 0.354 e. The summed E-state index contributed by atoms with van der Waals surface area (Å²) in [6.45, 7) is 5.72. The topological polar surface area (TPSA) is 143 Å². The minimum atomic E-state index is -0.945. The van der Waals surface area contributed by atoms with Gasteiger partial charge in [0.15, 0.2) is 0 Å². The standard InChI is InChI=1S/C26H38N8O3.ClH/c1-26(2,28)23(35)32-12-14-33(15-13-32)24(36)29-22-10-11-34(25(37)30-22)20-7-4-18(5-8-20)17-31(3)21-9-6-19(27)16-21;/h4-5,7-8,10-11,19,21H,6,9,12-17,27-28H2,1-3H3,(H,29,30,36,37);1H/t19-,21-;/m0./s1. The van der Waals surface area contributed by atoms with Gasteiger partial charge < -0.3 is 21.3 Å². The van der Waals surface area contributed by atoms with Crippen molar-refractivity contribution in [2.75, 3.05) is 38.5 Å². The Morgan fingerprint density at radius 1 is 1.08 bits per heavy atom. The van der Waals surface area contributed by atoms with Gasteiger partial charge in [0.1, 0.15) is 5.82 Å². The zero-order valence-electron chi connectivity index (χ0n) is 22.3. The molecule has 2 aromatic rings. The monoisotopic (exact) mass is 546 g/mol. The van der Waals surface area contributed by atoms with Crippen LogP contribution in [0, 0.1) is 0 Å². The quantitative estimate of drug-likeness (QED) is 0.496. The molecule has 1 aromatic heterocycles. The molecule has 1 saturated carbocycles. The lowest BCUT2D eigenvalue weighted by atomic mass is 10.1. The number of carbonyl (C=O) groups excluding carboxylic acids is 2. The van der Waals surface area contributed by atoms with E-state index in [4.69, 9.17) is 11.5 Å². The van der Waals surface area contributed by atoms with Crippen LogP contribution in [0.25, 0.3) is 5.69 Å². The molecule has 2 aliphatic rings. The van der Waals surface area contributed by atoms with Crippen LogP contribution >= 0.6 is 12.4 Å². The van der Waals surface area contributed by atoms with Gasteiger partial charge in [0.05, 0.1) is 11.2 Å². The number of nitrogens with zero attached hydrogens (tertiary/aromatic N) is 5. The van der Waals surface area contributed by atoms with Crippen molar-refractivity contribution in [1.82, 2.24) is 24.3 Å². The van der Waals surface area contributed by atoms with Crippen LogP contribution in [0.2, 0.25) is 0 Å². The summed E-state index contributed by atoms with van der Waals surface area (Å²) in [5.41, 5.74) is 12.4.